The van der Waals surface area contributed by atoms with Gasteiger partial charge in [-0.15, -0.1) is 68.0 Å². The third-order valence-electron chi connectivity index (χ3n) is 16.2. The second-order valence-electron chi connectivity index (χ2n) is 22.9. The minimum absolute atomic E-state index is 0.0150. The number of carbonyl (C=O) groups is 8. The van der Waals surface area contributed by atoms with Gasteiger partial charge >= 0.3 is 11.9 Å². The molecule has 10 rings (SSSR count). The number of ether oxygens (including phenoxy) is 1. The van der Waals surface area contributed by atoms with E-state index >= 15 is 0 Å². The number of ketones is 1. The number of carboxylic acids is 2. The zero-order valence-corrected chi connectivity index (χ0v) is 56.1. The number of Topliss-reactive ketones (excluding diaryl/α,β-unsaturated/α-hetero) is 1. The van der Waals surface area contributed by atoms with Gasteiger partial charge in [-0.1, -0.05) is 51.1 Å². The Balaban J connectivity index is 1.03. The van der Waals surface area contributed by atoms with Crippen LogP contribution in [-0.2, 0) is 35.3 Å². The number of anilines is 1. The number of thiazole rings is 6. The van der Waals surface area contributed by atoms with Crippen LogP contribution in [0.3, 0.4) is 0 Å². The monoisotopic (exact) mass is 1360 g/mol. The van der Waals surface area contributed by atoms with Gasteiger partial charge in [-0.2, -0.15) is 0 Å². The molecule has 8 heterocycles. The predicted octanol–water partition coefficient (Wildman–Crippen LogP) is 11.1. The number of nitrogens with zero attached hydrogens (tertiary/aromatic N) is 8. The number of hydrogen-bond donors (Lipinski definition) is 6. The SMILES string of the molecule is CNC(=O)C[C@@H]1NC(=O)c2csc(n2)-c2ccc(-c3nc(N(CCCCC(=O)O)C(=O)CC4CCC(C(=O)O)CC4)cs3)nc2-c2csc(n2)-c2csc(n2)[C@H]([C@@H](C)c2ccccc2)NC(=O)CNC(=O)c2nc(sc2COC)C(C(C)C)CC(=O)c2nc1sc2C. The lowest BCUT2D eigenvalue weighted by atomic mass is 9.80. The molecule has 1 unspecified atom stereocenters. The average molecular weight is 1360 g/mol. The molecule has 0 saturated heterocycles. The molecular formula is C63H68N12O11S6. The number of carboxylic acid groups (broad SMARTS) is 2. The minimum atomic E-state index is -0.973. The van der Waals surface area contributed by atoms with E-state index in [1.165, 1.54) is 82.2 Å². The van der Waals surface area contributed by atoms with Crippen LogP contribution in [0.4, 0.5) is 5.82 Å². The summed E-state index contributed by atoms with van der Waals surface area (Å²) in [5, 5.41) is 40.4. The van der Waals surface area contributed by atoms with Crippen molar-refractivity contribution in [3.8, 4) is 43.4 Å². The van der Waals surface area contributed by atoms with Crippen molar-refractivity contribution in [3.05, 3.63) is 111 Å². The summed E-state index contributed by atoms with van der Waals surface area (Å²) in [7, 11) is 2.99. The number of nitrogens with one attached hydrogen (secondary N) is 4. The smallest absolute Gasteiger partial charge is 0.306 e. The Hall–Kier alpha value is -7.93. The van der Waals surface area contributed by atoms with Crippen LogP contribution in [0.15, 0.2) is 64.0 Å². The number of aromatic nitrogens is 7. The number of carbonyl (C=O) groups excluding carboxylic acids is 6. The summed E-state index contributed by atoms with van der Waals surface area (Å²) in [6.07, 6.45) is 2.79. The van der Waals surface area contributed by atoms with Gasteiger partial charge in [-0.25, -0.2) is 34.9 Å². The second-order valence-corrected chi connectivity index (χ2v) is 28.7. The van der Waals surface area contributed by atoms with Crippen molar-refractivity contribution in [1.29, 1.82) is 0 Å². The Morgan fingerprint density at radius 2 is 1.41 bits per heavy atom. The molecule has 7 aromatic heterocycles. The highest BCUT2D eigenvalue weighted by atomic mass is 32.1. The van der Waals surface area contributed by atoms with Crippen molar-refractivity contribution in [3.63, 3.8) is 0 Å². The van der Waals surface area contributed by atoms with E-state index in [9.17, 15) is 48.6 Å². The fraction of sp³-hybridized carbons (Fsp3) is 0.413. The second kappa shape index (κ2) is 30.2. The third kappa shape index (κ3) is 15.9. The first-order chi connectivity index (χ1) is 44.2. The lowest BCUT2D eigenvalue weighted by molar-refractivity contribution is -0.143. The van der Waals surface area contributed by atoms with E-state index in [0.29, 0.717) is 112 Å². The van der Waals surface area contributed by atoms with Crippen molar-refractivity contribution in [2.45, 2.75) is 122 Å². The number of amides is 5. The number of rotatable bonds is 17. The Kier molecular flexibility index (Phi) is 22.0. The van der Waals surface area contributed by atoms with E-state index < -0.39 is 60.1 Å². The first-order valence-electron chi connectivity index (χ1n) is 30.0. The molecule has 1 aliphatic carbocycles. The maximum Gasteiger partial charge on any atom is 0.306 e. The molecule has 1 fully saturated rings. The topological polar surface area (TPSA) is 328 Å². The zero-order valence-electron chi connectivity index (χ0n) is 51.2. The van der Waals surface area contributed by atoms with Gasteiger partial charge in [-0.3, -0.25) is 43.3 Å². The summed E-state index contributed by atoms with van der Waals surface area (Å²) in [5.41, 5.74) is 3.49. The van der Waals surface area contributed by atoms with Crippen LogP contribution < -0.4 is 26.2 Å². The number of unbranched alkanes of at least 4 members (excludes halogenated alkanes) is 1. The number of pyridine rings is 1. The van der Waals surface area contributed by atoms with Crippen molar-refractivity contribution < 1.29 is 53.3 Å². The van der Waals surface area contributed by atoms with Gasteiger partial charge in [0.2, 0.25) is 17.7 Å². The van der Waals surface area contributed by atoms with Crippen molar-refractivity contribution >= 4 is 121 Å². The van der Waals surface area contributed by atoms with Gasteiger partial charge < -0.3 is 36.2 Å². The molecule has 6 N–H and O–H groups in total. The molecule has 23 nitrogen and oxygen atoms in total. The lowest BCUT2D eigenvalue weighted by Crippen LogP contribution is -2.40. The minimum Gasteiger partial charge on any atom is -0.481 e. The van der Waals surface area contributed by atoms with E-state index in [2.05, 4.69) is 21.3 Å². The summed E-state index contributed by atoms with van der Waals surface area (Å²) in [6.45, 7) is 7.52. The molecule has 0 radical (unpaired) electrons. The summed E-state index contributed by atoms with van der Waals surface area (Å²) in [5.74, 6) is -5.31. The normalized spacial score (nSPS) is 18.5. The number of aliphatic carboxylic acids is 2. The summed E-state index contributed by atoms with van der Waals surface area (Å²) in [4.78, 5) is 145. The predicted molar refractivity (Wildman–Crippen MR) is 353 cm³/mol. The molecule has 8 aromatic rings. The van der Waals surface area contributed by atoms with Crippen LogP contribution in [0, 0.1) is 24.7 Å². The molecule has 4 atom stereocenters. The largest absolute Gasteiger partial charge is 0.481 e. The molecule has 0 spiro atoms. The Morgan fingerprint density at radius 3 is 2.14 bits per heavy atom. The molecule has 1 aliphatic heterocycles. The number of methoxy groups -OCH3 is 1. The molecule has 5 amide bonds. The van der Waals surface area contributed by atoms with Crippen molar-refractivity contribution in [2.24, 2.45) is 17.8 Å². The Morgan fingerprint density at radius 1 is 0.707 bits per heavy atom. The standard InChI is InChI=1S/C63H68N12O11S6/c1-31(2)38-23-44(76)52-33(4)91-61(73-52)40(24-47(77)64-5)67-55(82)42-28-87-57(69-42)37-19-20-39(59-71-46(30-90-59)75(21-11-10-14-50(80)81)49(79)22-34-15-17-36(18-16-34)63(84)85)66-53(37)41-27-88-60(68-41)43-29-89-62(70-43)51(32(3)35-12-8-7-9-13-35)72-48(78)25-65-56(83)54-45(26-86-6)92-58(38)74-54/h7-9,12-13,19-20,27-32,34,36,38,40,51H,10-11,14-18,21-26H2,1-6H3,(H,64,77)(H,65,83)(H,67,82)(H,72,78)(H,80,81)(H,84,85)/t32-,34?,36?,38?,40-,51-/m0/s1. The quantitative estimate of drug-likeness (QED) is 0.0461. The summed E-state index contributed by atoms with van der Waals surface area (Å²) < 4.78 is 5.51. The number of benzene rings is 1. The highest BCUT2D eigenvalue weighted by molar-refractivity contribution is 7.15. The first-order valence-corrected chi connectivity index (χ1v) is 35.1. The number of aryl methyl sites for hydroxylation is 1. The van der Waals surface area contributed by atoms with Gasteiger partial charge in [-0.05, 0) is 75.0 Å². The zero-order chi connectivity index (χ0) is 65.3. The average Bonchev–Trinajstić information content (AvgIpc) is 1.62. The maximum absolute atomic E-state index is 14.5. The molecule has 1 aromatic carbocycles. The van der Waals surface area contributed by atoms with Crippen LogP contribution >= 0.6 is 68.0 Å². The van der Waals surface area contributed by atoms with E-state index in [0.717, 1.165) is 5.56 Å². The van der Waals surface area contributed by atoms with Crippen LogP contribution in [0.5, 0.6) is 0 Å². The summed E-state index contributed by atoms with van der Waals surface area (Å²) >= 11 is 7.55. The van der Waals surface area contributed by atoms with Crippen LogP contribution in [0.25, 0.3) is 43.4 Å². The molecule has 29 heteroatoms. The molecule has 482 valence electrons. The van der Waals surface area contributed by atoms with Crippen molar-refractivity contribution in [2.75, 3.05) is 32.1 Å². The molecule has 2 aliphatic rings. The van der Waals surface area contributed by atoms with Gasteiger partial charge in [0.25, 0.3) is 11.8 Å². The first kappa shape index (κ1) is 67.0. The number of fused-ring (bicyclic) bond motifs is 14. The molecule has 1 saturated carbocycles. The van der Waals surface area contributed by atoms with E-state index in [-0.39, 0.29) is 91.3 Å². The van der Waals surface area contributed by atoms with Gasteiger partial charge in [0.05, 0.1) is 53.2 Å². The number of hydrogen-bond acceptors (Lipinski definition) is 22. The highest BCUT2D eigenvalue weighted by Crippen LogP contribution is 2.42. The third-order valence-corrected chi connectivity index (χ3v) is 22.0. The maximum atomic E-state index is 14.5. The van der Waals surface area contributed by atoms with Crippen LogP contribution in [0.2, 0.25) is 0 Å². The van der Waals surface area contributed by atoms with E-state index in [1.54, 1.807) is 28.7 Å². The Labute approximate surface area is 554 Å². The van der Waals surface area contributed by atoms with E-state index in [1.807, 2.05) is 67.9 Å². The molecular weight excluding hydrogens is 1290 g/mol. The fourth-order valence-electron chi connectivity index (χ4n) is 11.1. The Bertz CT molecular complexity index is 4010. The van der Waals surface area contributed by atoms with Gasteiger partial charge in [0.1, 0.15) is 65.0 Å². The lowest BCUT2D eigenvalue weighted by Gasteiger charge is -2.28. The van der Waals surface area contributed by atoms with Gasteiger partial charge in [0, 0.05) is 83.8 Å². The molecule has 92 heavy (non-hydrogen) atoms. The van der Waals surface area contributed by atoms with Crippen LogP contribution in [0.1, 0.15) is 171 Å². The summed E-state index contributed by atoms with van der Waals surface area (Å²) in [6, 6.07) is 11.6. The van der Waals surface area contributed by atoms with E-state index in [4.69, 9.17) is 39.6 Å². The van der Waals surface area contributed by atoms with Crippen molar-refractivity contribution in [1.82, 2.24) is 56.2 Å². The van der Waals surface area contributed by atoms with Crippen LogP contribution in [-0.4, -0.2) is 120 Å². The molecule has 10 bridgehead atoms. The fourth-order valence-corrected chi connectivity index (χ4v) is 16.8. The van der Waals surface area contributed by atoms with Gasteiger partial charge in [0.15, 0.2) is 5.78 Å². The highest BCUT2D eigenvalue weighted by Gasteiger charge is 2.34.